The predicted octanol–water partition coefficient (Wildman–Crippen LogP) is 22.9. The Morgan fingerprint density at radius 2 is 0.481 bits per heavy atom. The van der Waals surface area contributed by atoms with Crippen LogP contribution < -0.4 is 0 Å². The number of esters is 3. The maximum Gasteiger partial charge on any atom is 0.306 e. The molecule has 0 aliphatic carbocycles. The molecule has 0 saturated carbocycles. The average Bonchev–Trinajstić information content (AvgIpc) is 3.46. The van der Waals surface area contributed by atoms with Crippen LogP contribution in [0, 0.1) is 0 Å². The van der Waals surface area contributed by atoms with Crippen LogP contribution in [-0.2, 0) is 28.6 Å². The molecule has 0 bridgehead atoms. The van der Waals surface area contributed by atoms with Crippen molar-refractivity contribution < 1.29 is 28.6 Å². The number of carbonyl (C=O) groups is 3. The molecule has 0 spiro atoms. The van der Waals surface area contributed by atoms with Gasteiger partial charge in [0.1, 0.15) is 13.2 Å². The smallest absolute Gasteiger partial charge is 0.306 e. The zero-order chi connectivity index (χ0) is 58.5. The molecule has 0 radical (unpaired) electrons. The van der Waals surface area contributed by atoms with E-state index in [0.29, 0.717) is 19.3 Å². The first-order valence-electron chi connectivity index (χ1n) is 33.0. The number of allylic oxidation sites excluding steroid dienone is 26. The van der Waals surface area contributed by atoms with Gasteiger partial charge in [-0.15, -0.1) is 0 Å². The van der Waals surface area contributed by atoms with Crippen molar-refractivity contribution >= 4 is 17.9 Å². The molecule has 456 valence electrons. The summed E-state index contributed by atoms with van der Waals surface area (Å²) in [6.45, 7) is 6.30. The highest BCUT2D eigenvalue weighted by Gasteiger charge is 2.19. The Hall–Kier alpha value is -4.97. The van der Waals surface area contributed by atoms with Crippen LogP contribution >= 0.6 is 0 Å². The van der Waals surface area contributed by atoms with Crippen molar-refractivity contribution in [3.05, 3.63) is 158 Å². The molecule has 6 heteroatoms. The molecule has 0 N–H and O–H groups in total. The monoisotopic (exact) mass is 1120 g/mol. The molecule has 0 fully saturated rings. The topological polar surface area (TPSA) is 78.9 Å². The maximum atomic E-state index is 12.9. The molecule has 81 heavy (non-hydrogen) atoms. The van der Waals surface area contributed by atoms with E-state index in [1.807, 2.05) is 0 Å². The van der Waals surface area contributed by atoms with Gasteiger partial charge in [0, 0.05) is 19.3 Å². The number of ether oxygens (including phenoxy) is 3. The van der Waals surface area contributed by atoms with E-state index < -0.39 is 6.10 Å². The van der Waals surface area contributed by atoms with Crippen molar-refractivity contribution in [3.63, 3.8) is 0 Å². The number of unbranched alkanes of at least 4 members (excludes halogenated alkanes) is 21. The van der Waals surface area contributed by atoms with E-state index in [-0.39, 0.29) is 37.5 Å². The minimum Gasteiger partial charge on any atom is -0.462 e. The lowest BCUT2D eigenvalue weighted by atomic mass is 10.0. The van der Waals surface area contributed by atoms with Crippen molar-refractivity contribution in [1.29, 1.82) is 0 Å². The summed E-state index contributed by atoms with van der Waals surface area (Å²) >= 11 is 0. The summed E-state index contributed by atoms with van der Waals surface area (Å²) in [7, 11) is 0. The molecule has 6 nitrogen and oxygen atoms in total. The zero-order valence-electron chi connectivity index (χ0n) is 52.2. The summed E-state index contributed by atoms with van der Waals surface area (Å²) in [5.41, 5.74) is 0. The van der Waals surface area contributed by atoms with Crippen LogP contribution in [0.3, 0.4) is 0 Å². The lowest BCUT2D eigenvalue weighted by molar-refractivity contribution is -0.167. The van der Waals surface area contributed by atoms with E-state index in [2.05, 4.69) is 179 Å². The highest BCUT2D eigenvalue weighted by Crippen LogP contribution is 2.15. The quantitative estimate of drug-likeness (QED) is 0.0261. The van der Waals surface area contributed by atoms with Crippen LogP contribution in [0.2, 0.25) is 0 Å². The van der Waals surface area contributed by atoms with Crippen LogP contribution in [0.5, 0.6) is 0 Å². The van der Waals surface area contributed by atoms with E-state index in [0.717, 1.165) is 154 Å². The third kappa shape index (κ3) is 65.7. The number of carbonyl (C=O) groups excluding carboxylic acids is 3. The second-order valence-corrected chi connectivity index (χ2v) is 21.3. The van der Waals surface area contributed by atoms with Gasteiger partial charge in [-0.1, -0.05) is 275 Å². The Morgan fingerprint density at radius 3 is 0.778 bits per heavy atom. The van der Waals surface area contributed by atoms with Crippen molar-refractivity contribution in [2.45, 2.75) is 284 Å². The van der Waals surface area contributed by atoms with E-state index in [1.165, 1.54) is 77.0 Å². The van der Waals surface area contributed by atoms with Gasteiger partial charge in [0.25, 0.3) is 0 Å². The first-order valence-corrected chi connectivity index (χ1v) is 33.0. The van der Waals surface area contributed by atoms with Gasteiger partial charge in [-0.25, -0.2) is 0 Å². The molecule has 0 rings (SSSR count). The van der Waals surface area contributed by atoms with E-state index >= 15 is 0 Å². The van der Waals surface area contributed by atoms with Gasteiger partial charge in [-0.05, 0) is 141 Å². The lowest BCUT2D eigenvalue weighted by Gasteiger charge is -2.18. The normalized spacial score (nSPS) is 13.2. The second-order valence-electron chi connectivity index (χ2n) is 21.3. The predicted molar refractivity (Wildman–Crippen MR) is 352 cm³/mol. The Morgan fingerprint density at radius 1 is 0.259 bits per heavy atom. The SMILES string of the molecule is CC/C=C\C/C=C\C/C=C\C/C=C\C/C=C\C/C=C\C/C=C\CCCCCCCCCCCCCCCC(=O)OCC(COC(=O)CCCCCCC/C=C\C/C=C\CCC)OC(=O)CCCC/C=C\C/C=C\C/C=C\C/C=C\CC. The highest BCUT2D eigenvalue weighted by molar-refractivity contribution is 5.71. The zero-order valence-corrected chi connectivity index (χ0v) is 52.2. The third-order valence-corrected chi connectivity index (χ3v) is 13.5. The van der Waals surface area contributed by atoms with E-state index in [9.17, 15) is 14.4 Å². The lowest BCUT2D eigenvalue weighted by Crippen LogP contribution is -2.30. The maximum absolute atomic E-state index is 12.9. The summed E-state index contributed by atoms with van der Waals surface area (Å²) in [6, 6.07) is 0. The van der Waals surface area contributed by atoms with Crippen LogP contribution in [0.1, 0.15) is 278 Å². The van der Waals surface area contributed by atoms with Gasteiger partial charge in [0.15, 0.2) is 6.10 Å². The number of rotatable bonds is 58. The first kappa shape index (κ1) is 76.0. The van der Waals surface area contributed by atoms with Gasteiger partial charge < -0.3 is 14.2 Å². The molecule has 0 aliphatic heterocycles. The summed E-state index contributed by atoms with van der Waals surface area (Å²) in [6.07, 6.45) is 98.4. The summed E-state index contributed by atoms with van der Waals surface area (Å²) < 4.78 is 16.8. The Balaban J connectivity index is 4.23. The second kappa shape index (κ2) is 67.5. The van der Waals surface area contributed by atoms with Crippen molar-refractivity contribution in [1.82, 2.24) is 0 Å². The fourth-order valence-electron chi connectivity index (χ4n) is 8.63. The molecule has 1 unspecified atom stereocenters. The van der Waals surface area contributed by atoms with E-state index in [4.69, 9.17) is 14.2 Å². The molecule has 0 heterocycles. The summed E-state index contributed by atoms with van der Waals surface area (Å²) in [4.78, 5) is 38.2. The molecule has 1 atom stereocenters. The van der Waals surface area contributed by atoms with Gasteiger partial charge in [-0.2, -0.15) is 0 Å². The highest BCUT2D eigenvalue weighted by atomic mass is 16.6. The molecule has 0 aromatic rings. The van der Waals surface area contributed by atoms with Crippen molar-refractivity contribution in [2.24, 2.45) is 0 Å². The molecule has 0 aromatic heterocycles. The van der Waals surface area contributed by atoms with Gasteiger partial charge in [0.05, 0.1) is 0 Å². The van der Waals surface area contributed by atoms with Crippen LogP contribution in [0.4, 0.5) is 0 Å². The van der Waals surface area contributed by atoms with E-state index in [1.54, 1.807) is 0 Å². The standard InChI is InChI=1S/C75H120O6/c1-4-7-10-13-16-19-22-25-27-28-29-30-31-32-33-34-35-36-37-38-39-40-41-42-43-44-45-46-48-50-53-56-59-62-65-68-74(77)80-71-72(70-79-73(76)67-64-61-58-55-52-49-24-21-18-15-12-9-6-3)81-75(78)69-66-63-60-57-54-51-47-26-23-20-17-14-11-8-5-2/h7-8,10-12,15-17,19-21,24-27,29-30,32-33,35-36,38-39,47,54,57,72H,4-6,9,13-14,18,22-23,28,31,34,37,40-46,48-53,55-56,58-71H2,1-3H3/b10-7-,11-8-,15-12-,19-16-,20-17-,24-21-,27-25-,30-29-,33-32-,36-35-,39-38-,47-26-,57-54-. The van der Waals surface area contributed by atoms with Crippen molar-refractivity contribution in [2.75, 3.05) is 13.2 Å². The largest absolute Gasteiger partial charge is 0.462 e. The Bertz CT molecular complexity index is 1810. The molecule has 0 aromatic carbocycles. The van der Waals surface area contributed by atoms with Crippen LogP contribution in [-0.4, -0.2) is 37.2 Å². The molecule has 0 saturated heterocycles. The fraction of sp³-hybridized carbons (Fsp3) is 0.613. The Kier molecular flexibility index (Phi) is 63.4. The minimum atomic E-state index is -0.812. The summed E-state index contributed by atoms with van der Waals surface area (Å²) in [5, 5.41) is 0. The number of hydrogen-bond donors (Lipinski definition) is 0. The molecular formula is C75H120O6. The van der Waals surface area contributed by atoms with Gasteiger partial charge in [-0.3, -0.25) is 14.4 Å². The molecule has 0 aliphatic rings. The first-order chi connectivity index (χ1) is 40.0. The molecular weight excluding hydrogens is 997 g/mol. The van der Waals surface area contributed by atoms with Crippen LogP contribution in [0.25, 0.3) is 0 Å². The van der Waals surface area contributed by atoms with Gasteiger partial charge >= 0.3 is 17.9 Å². The number of hydrogen-bond acceptors (Lipinski definition) is 6. The molecule has 0 amide bonds. The van der Waals surface area contributed by atoms with Gasteiger partial charge in [0.2, 0.25) is 0 Å². The third-order valence-electron chi connectivity index (χ3n) is 13.5. The fourth-order valence-corrected chi connectivity index (χ4v) is 8.63. The van der Waals surface area contributed by atoms with Crippen LogP contribution in [0.15, 0.2) is 158 Å². The minimum absolute atomic E-state index is 0.104. The summed E-state index contributed by atoms with van der Waals surface area (Å²) in [5.74, 6) is -0.964. The Labute approximate surface area is 499 Å². The average molecular weight is 1120 g/mol. The van der Waals surface area contributed by atoms with Crippen molar-refractivity contribution in [3.8, 4) is 0 Å².